The normalized spacial score (nSPS) is 15.9. The Hall–Kier alpha value is -5.68. The summed E-state index contributed by atoms with van der Waals surface area (Å²) in [6.45, 7) is 2.22. The van der Waals surface area contributed by atoms with Crippen LogP contribution in [0.15, 0.2) is 90.3 Å². The molecule has 0 saturated carbocycles. The van der Waals surface area contributed by atoms with Crippen molar-refractivity contribution in [3.05, 3.63) is 119 Å². The van der Waals surface area contributed by atoms with Crippen molar-refractivity contribution in [1.82, 2.24) is 30.1 Å². The van der Waals surface area contributed by atoms with Gasteiger partial charge in [-0.25, -0.2) is 18.5 Å². The van der Waals surface area contributed by atoms with Crippen LogP contribution in [0.25, 0.3) is 11.1 Å². The first-order valence-corrected chi connectivity index (χ1v) is 15.1. The van der Waals surface area contributed by atoms with E-state index in [1.807, 2.05) is 36.4 Å². The summed E-state index contributed by atoms with van der Waals surface area (Å²) in [5, 5.41) is 30.9. The molecule has 5 aromatic rings. The lowest BCUT2D eigenvalue weighted by atomic mass is 9.84. The Morgan fingerprint density at radius 1 is 0.875 bits per heavy atom. The highest BCUT2D eigenvalue weighted by Gasteiger charge is 2.58. The van der Waals surface area contributed by atoms with E-state index in [4.69, 9.17) is 4.99 Å². The number of rotatable bonds is 7. The van der Waals surface area contributed by atoms with Gasteiger partial charge in [-0.1, -0.05) is 18.2 Å². The van der Waals surface area contributed by atoms with Gasteiger partial charge in [-0.15, -0.1) is 5.10 Å². The molecular formula is C34H27F4N9O. The topological polar surface area (TPSA) is 119 Å². The minimum atomic E-state index is -4.14. The summed E-state index contributed by atoms with van der Waals surface area (Å²) < 4.78 is 61.5. The number of tetrazole rings is 1. The molecule has 7 rings (SSSR count). The quantitative estimate of drug-likeness (QED) is 0.245. The highest BCUT2D eigenvalue weighted by Crippen LogP contribution is 2.47. The van der Waals surface area contributed by atoms with Crippen LogP contribution in [0.5, 0.6) is 0 Å². The number of hydrogen-bond acceptors (Lipinski definition) is 9. The summed E-state index contributed by atoms with van der Waals surface area (Å²) >= 11 is 0. The number of aliphatic hydroxyl groups is 1. The van der Waals surface area contributed by atoms with Crippen molar-refractivity contribution in [1.29, 1.82) is 5.26 Å². The molecule has 1 N–H and O–H groups in total. The lowest BCUT2D eigenvalue weighted by molar-refractivity contribution is -0.207. The van der Waals surface area contributed by atoms with E-state index in [9.17, 15) is 19.1 Å². The fourth-order valence-corrected chi connectivity index (χ4v) is 6.15. The fraction of sp³-hybridized carbons (Fsp3) is 0.235. The number of aromatic nitrogens is 5. The van der Waals surface area contributed by atoms with Crippen LogP contribution in [-0.2, 0) is 24.5 Å². The number of benzene rings is 3. The molecule has 0 spiro atoms. The first-order chi connectivity index (χ1) is 23.1. The largest absolute Gasteiger partial charge is 0.377 e. The number of nitriles is 1. The van der Waals surface area contributed by atoms with E-state index in [0.29, 0.717) is 23.6 Å². The summed E-state index contributed by atoms with van der Waals surface area (Å²) in [5.74, 6) is -5.47. The second-order valence-corrected chi connectivity index (χ2v) is 11.7. The van der Waals surface area contributed by atoms with Gasteiger partial charge in [0.15, 0.2) is 5.60 Å². The number of piperazine rings is 1. The second-order valence-electron chi connectivity index (χ2n) is 11.7. The average molecular weight is 654 g/mol. The van der Waals surface area contributed by atoms with Gasteiger partial charge in [-0.2, -0.15) is 14.0 Å². The average Bonchev–Trinajstić information content (AvgIpc) is 3.78. The van der Waals surface area contributed by atoms with E-state index in [-0.39, 0.29) is 0 Å². The molecule has 0 aliphatic carbocycles. The molecule has 14 heteroatoms. The number of anilines is 1. The predicted octanol–water partition coefficient (Wildman–Crippen LogP) is 4.97. The van der Waals surface area contributed by atoms with Crippen molar-refractivity contribution in [3.63, 3.8) is 0 Å². The molecule has 0 bridgehead atoms. The minimum absolute atomic E-state index is 0.423. The molecule has 1 fully saturated rings. The number of pyridine rings is 1. The maximum absolute atomic E-state index is 16.1. The lowest BCUT2D eigenvalue weighted by Crippen LogP contribution is -2.48. The first kappa shape index (κ1) is 30.9. The number of halogens is 4. The first-order valence-electron chi connectivity index (χ1n) is 15.1. The van der Waals surface area contributed by atoms with Gasteiger partial charge in [0, 0.05) is 61.7 Å². The number of alkyl halides is 2. The zero-order chi connectivity index (χ0) is 33.5. The molecule has 0 amide bonds. The Kier molecular flexibility index (Phi) is 7.84. The van der Waals surface area contributed by atoms with Crippen LogP contribution >= 0.6 is 0 Å². The molecular weight excluding hydrogens is 626 g/mol. The Bertz CT molecular complexity index is 2020. The summed E-state index contributed by atoms with van der Waals surface area (Å²) in [6.07, 6.45) is 2.97. The maximum Gasteiger partial charge on any atom is 0.323 e. The smallest absolute Gasteiger partial charge is 0.323 e. The molecule has 2 aromatic heterocycles. The van der Waals surface area contributed by atoms with Crippen molar-refractivity contribution in [2.24, 2.45) is 4.99 Å². The van der Waals surface area contributed by atoms with Crippen LogP contribution < -0.4 is 4.90 Å². The monoisotopic (exact) mass is 653 g/mol. The van der Waals surface area contributed by atoms with Crippen molar-refractivity contribution in [2.75, 3.05) is 31.1 Å². The molecule has 3 aromatic carbocycles. The molecule has 2 aliphatic rings. The molecule has 1 saturated heterocycles. The number of aliphatic imine (C=N–C) groups is 1. The van der Waals surface area contributed by atoms with E-state index >= 15 is 8.78 Å². The Morgan fingerprint density at radius 3 is 2.29 bits per heavy atom. The van der Waals surface area contributed by atoms with Gasteiger partial charge in [-0.05, 0) is 70.1 Å². The maximum atomic E-state index is 16.1. The van der Waals surface area contributed by atoms with Crippen molar-refractivity contribution in [3.8, 4) is 17.2 Å². The van der Waals surface area contributed by atoms with Crippen molar-refractivity contribution in [2.45, 2.75) is 24.5 Å². The van der Waals surface area contributed by atoms with Gasteiger partial charge >= 0.3 is 5.92 Å². The standard InChI is InChI=1S/C34H27F4N9O/c35-26-5-8-28(29(36)17-26)33(48,20-47-21-41-43-44-47)34(37,38)31-10-4-24(19-40-31)23-2-6-27(7-3-23)45-11-13-46(14-12-45)32-16-25-15-22(18-39)1-9-30(25)42-32/h1-10,15,17,19,21,48H,11-14,16,20H2/t33-/m0/s1. The summed E-state index contributed by atoms with van der Waals surface area (Å²) in [5.41, 5.74) is 0.0533. The second kappa shape index (κ2) is 12.2. The SMILES string of the molecule is N#Cc1ccc2c(c1)CC(N1CCN(c3ccc(-c4ccc(C(F)(F)[C@](O)(Cn5cnnn5)c5ccc(F)cc5F)nc4)cc3)CC1)=N2. The van der Waals surface area contributed by atoms with Gasteiger partial charge in [0.1, 0.15) is 29.5 Å². The summed E-state index contributed by atoms with van der Waals surface area (Å²) in [7, 11) is 0. The molecule has 4 heterocycles. The molecule has 1 atom stereocenters. The Labute approximate surface area is 272 Å². The molecule has 0 unspecified atom stereocenters. The molecule has 242 valence electrons. The summed E-state index contributed by atoms with van der Waals surface area (Å²) in [4.78, 5) is 13.3. The fourth-order valence-electron chi connectivity index (χ4n) is 6.15. The zero-order valence-electron chi connectivity index (χ0n) is 25.3. The predicted molar refractivity (Wildman–Crippen MR) is 167 cm³/mol. The van der Waals surface area contributed by atoms with Crippen LogP contribution in [0.3, 0.4) is 0 Å². The molecule has 10 nitrogen and oxygen atoms in total. The zero-order valence-corrected chi connectivity index (χ0v) is 25.3. The third-order valence-electron chi connectivity index (χ3n) is 8.78. The van der Waals surface area contributed by atoms with E-state index in [2.05, 4.69) is 36.4 Å². The number of amidine groups is 1. The molecule has 0 radical (unpaired) electrons. The van der Waals surface area contributed by atoms with E-state index in [1.165, 1.54) is 12.3 Å². The number of hydrogen-bond donors (Lipinski definition) is 1. The van der Waals surface area contributed by atoms with Gasteiger partial charge < -0.3 is 14.9 Å². The van der Waals surface area contributed by atoms with Crippen LogP contribution in [0.1, 0.15) is 22.4 Å². The third kappa shape index (κ3) is 5.62. The van der Waals surface area contributed by atoms with Crippen LogP contribution in [0.4, 0.5) is 28.9 Å². The van der Waals surface area contributed by atoms with E-state index in [1.54, 1.807) is 6.07 Å². The van der Waals surface area contributed by atoms with Crippen molar-refractivity contribution >= 4 is 17.2 Å². The Morgan fingerprint density at radius 2 is 1.62 bits per heavy atom. The summed E-state index contributed by atoms with van der Waals surface area (Å²) in [6, 6.07) is 19.9. The van der Waals surface area contributed by atoms with Gasteiger partial charge in [0.2, 0.25) is 0 Å². The Balaban J connectivity index is 1.04. The molecule has 2 aliphatic heterocycles. The number of fused-ring (bicyclic) bond motifs is 1. The lowest BCUT2D eigenvalue weighted by Gasteiger charge is -2.37. The minimum Gasteiger partial charge on any atom is -0.377 e. The van der Waals surface area contributed by atoms with Gasteiger partial charge in [0.25, 0.3) is 0 Å². The van der Waals surface area contributed by atoms with Crippen molar-refractivity contribution < 1.29 is 22.7 Å². The van der Waals surface area contributed by atoms with Crippen LogP contribution in [0, 0.1) is 23.0 Å². The van der Waals surface area contributed by atoms with Gasteiger partial charge in [0.05, 0.1) is 23.9 Å². The van der Waals surface area contributed by atoms with Gasteiger partial charge in [-0.3, -0.25) is 4.98 Å². The van der Waals surface area contributed by atoms with Crippen LogP contribution in [0.2, 0.25) is 0 Å². The number of nitrogens with zero attached hydrogens (tertiary/aromatic N) is 9. The van der Waals surface area contributed by atoms with E-state index in [0.717, 1.165) is 83.7 Å². The molecule has 48 heavy (non-hydrogen) atoms. The highest BCUT2D eigenvalue weighted by atomic mass is 19.3. The van der Waals surface area contributed by atoms with Crippen LogP contribution in [-0.4, -0.2) is 67.2 Å². The highest BCUT2D eigenvalue weighted by molar-refractivity contribution is 5.92. The third-order valence-corrected chi connectivity index (χ3v) is 8.78. The van der Waals surface area contributed by atoms with E-state index < -0.39 is 41.0 Å².